The van der Waals surface area contributed by atoms with Gasteiger partial charge in [-0.25, -0.2) is 13.2 Å². The minimum atomic E-state index is -4.08. The number of anilines is 1. The number of aliphatic hydroxyl groups excluding tert-OH is 1. The van der Waals surface area contributed by atoms with Gasteiger partial charge in [0, 0.05) is 37.6 Å². The lowest BCUT2D eigenvalue weighted by Gasteiger charge is -2.30. The lowest BCUT2D eigenvalue weighted by molar-refractivity contribution is -0.117. The molecule has 2 amide bonds. The fourth-order valence-corrected chi connectivity index (χ4v) is 6.69. The van der Waals surface area contributed by atoms with E-state index < -0.39 is 40.2 Å². The Morgan fingerprint density at radius 3 is 2.39 bits per heavy atom. The van der Waals surface area contributed by atoms with Crippen molar-refractivity contribution in [3.63, 3.8) is 0 Å². The Bertz CT molecular complexity index is 1500. The van der Waals surface area contributed by atoms with Crippen LogP contribution in [-0.2, 0) is 37.1 Å². The van der Waals surface area contributed by atoms with Crippen LogP contribution in [0, 0.1) is 5.92 Å². The van der Waals surface area contributed by atoms with Gasteiger partial charge < -0.3 is 30.9 Å². The predicted molar refractivity (Wildman–Crippen MR) is 173 cm³/mol. The molecule has 2 aromatic carbocycles. The molecule has 1 aliphatic rings. The average molecular weight is 654 g/mol. The van der Waals surface area contributed by atoms with Gasteiger partial charge in [-0.05, 0) is 60.2 Å². The van der Waals surface area contributed by atoms with Crippen LogP contribution in [0.2, 0.25) is 0 Å². The molecule has 4 rings (SSSR count). The second kappa shape index (κ2) is 16.6. The molecule has 4 atom stereocenters. The van der Waals surface area contributed by atoms with Gasteiger partial charge in [0.05, 0.1) is 36.3 Å². The summed E-state index contributed by atoms with van der Waals surface area (Å²) in [7, 11) is -4.08. The summed E-state index contributed by atoms with van der Waals surface area (Å²) < 4.78 is 39.7. The Kier molecular flexibility index (Phi) is 12.6. The van der Waals surface area contributed by atoms with E-state index in [1.165, 1.54) is 28.6 Å². The molecule has 0 spiro atoms. The summed E-state index contributed by atoms with van der Waals surface area (Å²) in [6.07, 6.45) is 2.07. The molecule has 1 fully saturated rings. The first kappa shape index (κ1) is 35.0. The molecule has 1 aromatic heterocycles. The van der Waals surface area contributed by atoms with Gasteiger partial charge in [0.25, 0.3) is 0 Å². The molecule has 0 bridgehead atoms. The Labute approximate surface area is 270 Å². The number of amides is 2. The van der Waals surface area contributed by atoms with Crippen molar-refractivity contribution in [2.45, 2.75) is 62.3 Å². The number of ether oxygens (including phenoxy) is 2. The first-order valence-corrected chi connectivity index (χ1v) is 16.8. The number of nitrogens with zero attached hydrogens (tertiary/aromatic N) is 2. The van der Waals surface area contributed by atoms with Gasteiger partial charge in [0.2, 0.25) is 15.9 Å². The van der Waals surface area contributed by atoms with E-state index in [1.54, 1.807) is 18.5 Å². The van der Waals surface area contributed by atoms with Crippen LogP contribution in [0.3, 0.4) is 0 Å². The van der Waals surface area contributed by atoms with Crippen LogP contribution < -0.4 is 16.4 Å². The SMILES string of the molecule is CC(C)CN(C[C@@H](O)[C@H](Cc1ccccc1)NC(=O)O[C@H]1CCOC1)S(=O)(=O)c1ccc(NC(=O)[C@@H](N)Cc2cccnc2)cc1. The van der Waals surface area contributed by atoms with Crippen LogP contribution in [0.5, 0.6) is 0 Å². The maximum absolute atomic E-state index is 13.9. The van der Waals surface area contributed by atoms with Crippen LogP contribution in [0.15, 0.2) is 84.0 Å². The monoisotopic (exact) mass is 653 g/mol. The maximum Gasteiger partial charge on any atom is 0.407 e. The zero-order valence-corrected chi connectivity index (χ0v) is 26.9. The molecule has 0 aliphatic carbocycles. The van der Waals surface area contributed by atoms with Gasteiger partial charge in [0.1, 0.15) is 6.10 Å². The molecule has 0 saturated carbocycles. The first-order valence-electron chi connectivity index (χ1n) is 15.3. The van der Waals surface area contributed by atoms with Gasteiger partial charge in [-0.1, -0.05) is 50.2 Å². The summed E-state index contributed by atoms with van der Waals surface area (Å²) in [6, 6.07) is 17.0. The Morgan fingerprint density at radius 2 is 1.76 bits per heavy atom. The van der Waals surface area contributed by atoms with Crippen molar-refractivity contribution in [2.75, 3.05) is 31.6 Å². The minimum absolute atomic E-state index is 0.00813. The zero-order valence-electron chi connectivity index (χ0n) is 26.1. The van der Waals surface area contributed by atoms with Crippen LogP contribution in [0.1, 0.15) is 31.4 Å². The molecule has 1 saturated heterocycles. The fraction of sp³-hybridized carbons (Fsp3) is 0.424. The van der Waals surface area contributed by atoms with E-state index in [9.17, 15) is 23.1 Å². The summed E-state index contributed by atoms with van der Waals surface area (Å²) in [4.78, 5) is 29.4. The summed E-state index contributed by atoms with van der Waals surface area (Å²) in [6.45, 7) is 4.42. The number of carbonyl (C=O) groups is 2. The highest BCUT2D eigenvalue weighted by atomic mass is 32.2. The summed E-state index contributed by atoms with van der Waals surface area (Å²) in [5, 5.41) is 16.9. The molecule has 46 heavy (non-hydrogen) atoms. The Hall–Kier alpha value is -3.88. The highest BCUT2D eigenvalue weighted by Crippen LogP contribution is 2.22. The summed E-state index contributed by atoms with van der Waals surface area (Å²) in [5.74, 6) is -0.477. The van der Waals surface area contributed by atoms with Crippen LogP contribution in [0.4, 0.5) is 10.5 Å². The quantitative estimate of drug-likeness (QED) is 0.192. The van der Waals surface area contributed by atoms with Crippen molar-refractivity contribution in [1.29, 1.82) is 0 Å². The van der Waals surface area contributed by atoms with Gasteiger partial charge >= 0.3 is 6.09 Å². The smallest absolute Gasteiger partial charge is 0.407 e. The van der Waals surface area contributed by atoms with Crippen molar-refractivity contribution < 1.29 is 32.6 Å². The molecule has 0 unspecified atom stereocenters. The number of hydrogen-bond donors (Lipinski definition) is 4. The van der Waals surface area contributed by atoms with E-state index >= 15 is 0 Å². The lowest BCUT2D eigenvalue weighted by Crippen LogP contribution is -2.51. The third-order valence-electron chi connectivity index (χ3n) is 7.46. The number of nitrogens with one attached hydrogen (secondary N) is 2. The van der Waals surface area contributed by atoms with Crippen molar-refractivity contribution in [2.24, 2.45) is 11.7 Å². The highest BCUT2D eigenvalue weighted by Gasteiger charge is 2.32. The Morgan fingerprint density at radius 1 is 1.04 bits per heavy atom. The second-order valence-corrected chi connectivity index (χ2v) is 13.7. The minimum Gasteiger partial charge on any atom is -0.444 e. The third-order valence-corrected chi connectivity index (χ3v) is 9.31. The highest BCUT2D eigenvalue weighted by molar-refractivity contribution is 7.89. The van der Waals surface area contributed by atoms with E-state index in [1.807, 2.05) is 50.2 Å². The van der Waals surface area contributed by atoms with E-state index in [-0.39, 0.29) is 36.4 Å². The molecule has 12 nitrogen and oxygen atoms in total. The molecule has 3 aromatic rings. The number of hydrogen-bond acceptors (Lipinski definition) is 9. The van der Waals surface area contributed by atoms with Gasteiger partial charge in [0.15, 0.2) is 0 Å². The molecule has 2 heterocycles. The standard InChI is InChI=1S/C33H43N5O7S/c1-23(2)20-38(21-31(39)30(18-24-7-4-3-5-8-24)37-33(41)45-27-14-16-44-22-27)46(42,43)28-12-10-26(11-13-28)36-32(40)29(34)17-25-9-6-15-35-19-25/h3-13,15,19,23,27,29-31,39H,14,16-18,20-22,34H2,1-2H3,(H,36,40)(H,37,41)/t27-,29-,30-,31+/m0/s1. The van der Waals surface area contributed by atoms with Crippen LogP contribution in [-0.4, -0.2) is 85.4 Å². The third kappa shape index (κ3) is 10.3. The number of benzene rings is 2. The molecule has 248 valence electrons. The van der Waals surface area contributed by atoms with E-state index in [0.717, 1.165) is 11.1 Å². The van der Waals surface area contributed by atoms with Crippen molar-refractivity contribution in [3.8, 4) is 0 Å². The molecule has 0 radical (unpaired) electrons. The number of nitrogens with two attached hydrogens (primary N) is 1. The first-order chi connectivity index (χ1) is 22.0. The molecule has 5 N–H and O–H groups in total. The van der Waals surface area contributed by atoms with E-state index in [4.69, 9.17) is 15.2 Å². The molecule has 13 heteroatoms. The van der Waals surface area contributed by atoms with E-state index in [0.29, 0.717) is 31.7 Å². The van der Waals surface area contributed by atoms with E-state index in [2.05, 4.69) is 15.6 Å². The number of carbonyl (C=O) groups excluding carboxylic acids is 2. The van der Waals surface area contributed by atoms with Crippen molar-refractivity contribution in [1.82, 2.24) is 14.6 Å². The van der Waals surface area contributed by atoms with Crippen molar-refractivity contribution in [3.05, 3.63) is 90.3 Å². The fourth-order valence-electron chi connectivity index (χ4n) is 5.07. The normalized spacial score (nSPS) is 17.0. The number of alkyl carbamates (subject to hydrolysis) is 1. The van der Waals surface area contributed by atoms with Gasteiger partial charge in [-0.2, -0.15) is 4.31 Å². The maximum atomic E-state index is 13.9. The largest absolute Gasteiger partial charge is 0.444 e. The molecular formula is C33H43N5O7S. The average Bonchev–Trinajstić information content (AvgIpc) is 3.54. The second-order valence-electron chi connectivity index (χ2n) is 11.8. The number of aromatic nitrogens is 1. The van der Waals surface area contributed by atoms with Crippen LogP contribution >= 0.6 is 0 Å². The Balaban J connectivity index is 1.46. The predicted octanol–water partition coefficient (Wildman–Crippen LogP) is 2.72. The summed E-state index contributed by atoms with van der Waals surface area (Å²) in [5.41, 5.74) is 8.13. The topological polar surface area (TPSA) is 173 Å². The van der Waals surface area contributed by atoms with Gasteiger partial charge in [-0.15, -0.1) is 0 Å². The zero-order chi connectivity index (χ0) is 33.1. The molecule has 1 aliphatic heterocycles. The summed E-state index contributed by atoms with van der Waals surface area (Å²) >= 11 is 0. The van der Waals surface area contributed by atoms with Gasteiger partial charge in [-0.3, -0.25) is 9.78 Å². The van der Waals surface area contributed by atoms with Crippen molar-refractivity contribution >= 4 is 27.7 Å². The number of sulfonamides is 1. The molecular weight excluding hydrogens is 610 g/mol. The number of rotatable bonds is 15. The lowest BCUT2D eigenvalue weighted by atomic mass is 10.0. The number of pyridine rings is 1. The number of aliphatic hydroxyl groups is 1. The van der Waals surface area contributed by atoms with Crippen LogP contribution in [0.25, 0.3) is 0 Å².